The van der Waals surface area contributed by atoms with Gasteiger partial charge in [0, 0.05) is 39.8 Å². The molecule has 2 aromatic heterocycles. The van der Waals surface area contributed by atoms with Crippen LogP contribution in [0.1, 0.15) is 74.1 Å². The number of hydrogen-bond acceptors (Lipinski definition) is 4. The maximum Gasteiger partial charge on any atom is 0.192 e. The number of pyridine rings is 1. The molecule has 1 saturated heterocycles. The number of ether oxygens (including phenoxy) is 1. The third-order valence-electron chi connectivity index (χ3n) is 8.50. The van der Waals surface area contributed by atoms with E-state index in [-0.39, 0.29) is 23.1 Å². The number of benzene rings is 2. The molecule has 0 saturated carbocycles. The molecule has 1 radical (unpaired) electrons. The van der Waals surface area contributed by atoms with E-state index >= 15 is 0 Å². The predicted molar refractivity (Wildman–Crippen MR) is 164 cm³/mol. The fourth-order valence-corrected chi connectivity index (χ4v) is 6.67. The zero-order valence-corrected chi connectivity index (χ0v) is 26.5. The topological polar surface area (TPSA) is 49.2 Å². The molecule has 0 N–H and O–H groups in total. The Morgan fingerprint density at radius 3 is 2.77 bits per heavy atom. The molecule has 4 aromatic rings. The first-order valence-corrected chi connectivity index (χ1v) is 17.6. The SMILES string of the molecule is Cc1cc(C2CCCOC2c2[c]ccc3c2cnn3[C@H](CO[Si](C)(C)C(C)(C)C)c2cccc(Br)c2)ccn1. The van der Waals surface area contributed by atoms with E-state index in [1.54, 1.807) is 0 Å². The van der Waals surface area contributed by atoms with Gasteiger partial charge >= 0.3 is 0 Å². The molecule has 2 unspecified atom stereocenters. The van der Waals surface area contributed by atoms with Crippen molar-refractivity contribution in [2.45, 2.75) is 76.7 Å². The largest absolute Gasteiger partial charge is 0.414 e. The van der Waals surface area contributed by atoms with E-state index in [4.69, 9.17) is 14.3 Å². The lowest BCUT2D eigenvalue weighted by Crippen LogP contribution is -2.42. The molecule has 0 bridgehead atoms. The van der Waals surface area contributed by atoms with E-state index in [9.17, 15) is 0 Å². The second kappa shape index (κ2) is 11.3. The van der Waals surface area contributed by atoms with Gasteiger partial charge < -0.3 is 9.16 Å². The predicted octanol–water partition coefficient (Wildman–Crippen LogP) is 8.55. The van der Waals surface area contributed by atoms with Crippen molar-refractivity contribution >= 4 is 35.2 Å². The first-order valence-electron chi connectivity index (χ1n) is 13.9. The smallest absolute Gasteiger partial charge is 0.192 e. The van der Waals surface area contributed by atoms with E-state index in [0.717, 1.165) is 46.1 Å². The summed E-state index contributed by atoms with van der Waals surface area (Å²) < 4.78 is 16.4. The van der Waals surface area contributed by atoms with Gasteiger partial charge in [-0.3, -0.25) is 9.67 Å². The third-order valence-corrected chi connectivity index (χ3v) is 13.5. The summed E-state index contributed by atoms with van der Waals surface area (Å²) in [5.74, 6) is 0.258. The van der Waals surface area contributed by atoms with E-state index < -0.39 is 8.32 Å². The van der Waals surface area contributed by atoms with Crippen LogP contribution in [-0.2, 0) is 9.16 Å². The molecule has 5 nitrogen and oxygen atoms in total. The number of hydrogen-bond donors (Lipinski definition) is 0. The minimum atomic E-state index is -1.97. The molecule has 205 valence electrons. The van der Waals surface area contributed by atoms with Crippen LogP contribution >= 0.6 is 15.9 Å². The Bertz CT molecular complexity index is 1440. The molecule has 3 atom stereocenters. The van der Waals surface area contributed by atoms with Crippen LogP contribution in [-0.4, -0.2) is 36.3 Å². The van der Waals surface area contributed by atoms with Gasteiger partial charge in [0.15, 0.2) is 8.32 Å². The molecule has 5 rings (SSSR count). The highest BCUT2D eigenvalue weighted by atomic mass is 79.9. The summed E-state index contributed by atoms with van der Waals surface area (Å²) in [6, 6.07) is 20.4. The van der Waals surface area contributed by atoms with Crippen LogP contribution in [0.25, 0.3) is 10.9 Å². The molecule has 7 heteroatoms. The van der Waals surface area contributed by atoms with Crippen LogP contribution < -0.4 is 0 Å². The second-order valence-electron chi connectivity index (χ2n) is 12.2. The van der Waals surface area contributed by atoms with Gasteiger partial charge in [0.25, 0.3) is 0 Å². The number of aryl methyl sites for hydroxylation is 1. The Hall–Kier alpha value is -2.32. The molecule has 39 heavy (non-hydrogen) atoms. The summed E-state index contributed by atoms with van der Waals surface area (Å²) in [6.07, 6.45) is 5.95. The molecule has 1 aliphatic rings. The third kappa shape index (κ3) is 5.92. The Balaban J connectivity index is 1.56. The minimum absolute atomic E-state index is 0.0599. The van der Waals surface area contributed by atoms with Gasteiger partial charge in [-0.15, -0.1) is 0 Å². The lowest BCUT2D eigenvalue weighted by atomic mass is 9.83. The molecule has 0 spiro atoms. The van der Waals surface area contributed by atoms with Crippen molar-refractivity contribution in [3.8, 4) is 0 Å². The average Bonchev–Trinajstić information content (AvgIpc) is 3.32. The van der Waals surface area contributed by atoms with E-state index in [2.05, 4.69) is 108 Å². The first-order chi connectivity index (χ1) is 18.5. The lowest BCUT2D eigenvalue weighted by molar-refractivity contribution is -0.00153. The van der Waals surface area contributed by atoms with Crippen molar-refractivity contribution in [3.05, 3.63) is 93.8 Å². The molecule has 1 aliphatic heterocycles. The number of fused-ring (bicyclic) bond motifs is 1. The molecule has 1 fully saturated rings. The normalized spacial score (nSPS) is 19.4. The molecule has 0 amide bonds. The summed E-state index contributed by atoms with van der Waals surface area (Å²) in [7, 11) is -1.97. The standard InChI is InChI=1S/C32H39BrN3O2Si/c1-22-18-23(15-16-34-22)26-13-9-17-37-31(26)27-12-8-14-29-28(27)20-35-36(29)30(24-10-7-11-25(33)19-24)21-38-39(5,6)32(2,3)4/h7-8,10-11,14-16,18-20,26,30-31H,9,13,17,21H2,1-6H3/t26?,30-,31?/m1/s1. The van der Waals surface area contributed by atoms with Crippen molar-refractivity contribution in [3.63, 3.8) is 0 Å². The second-order valence-corrected chi connectivity index (χ2v) is 17.9. The van der Waals surface area contributed by atoms with Crippen LogP contribution in [0.3, 0.4) is 0 Å². The van der Waals surface area contributed by atoms with Gasteiger partial charge in [-0.2, -0.15) is 5.10 Å². The highest BCUT2D eigenvalue weighted by Crippen LogP contribution is 2.43. The van der Waals surface area contributed by atoms with Crippen LogP contribution in [0.2, 0.25) is 18.1 Å². The van der Waals surface area contributed by atoms with Crippen LogP contribution in [0.15, 0.2) is 65.4 Å². The number of aromatic nitrogens is 3. The molecular formula is C32H39BrN3O2Si. The van der Waals surface area contributed by atoms with Crippen LogP contribution in [0.5, 0.6) is 0 Å². The number of nitrogens with zero attached hydrogens (tertiary/aromatic N) is 3. The van der Waals surface area contributed by atoms with Gasteiger partial charge in [-0.05, 0) is 85.4 Å². The van der Waals surface area contributed by atoms with Gasteiger partial charge in [-0.25, -0.2) is 0 Å². The van der Waals surface area contributed by atoms with Crippen LogP contribution in [0.4, 0.5) is 0 Å². The van der Waals surface area contributed by atoms with Gasteiger partial charge in [-0.1, -0.05) is 54.9 Å². The summed E-state index contributed by atoms with van der Waals surface area (Å²) >= 11 is 3.68. The zero-order chi connectivity index (χ0) is 27.8. The lowest BCUT2D eigenvalue weighted by Gasteiger charge is -2.37. The van der Waals surface area contributed by atoms with Crippen molar-refractivity contribution in [1.29, 1.82) is 0 Å². The Morgan fingerprint density at radius 2 is 2.03 bits per heavy atom. The fourth-order valence-electron chi connectivity index (χ4n) is 5.25. The molecule has 3 heterocycles. The van der Waals surface area contributed by atoms with E-state index in [1.807, 2.05) is 25.4 Å². The number of halogens is 1. The fraction of sp³-hybridized carbons (Fsp3) is 0.438. The zero-order valence-electron chi connectivity index (χ0n) is 23.9. The average molecular weight is 606 g/mol. The van der Waals surface area contributed by atoms with Gasteiger partial charge in [0.2, 0.25) is 0 Å². The van der Waals surface area contributed by atoms with Crippen molar-refractivity contribution in [2.75, 3.05) is 13.2 Å². The maximum atomic E-state index is 6.78. The quantitative estimate of drug-likeness (QED) is 0.198. The number of rotatable bonds is 7. The highest BCUT2D eigenvalue weighted by Gasteiger charge is 2.38. The Labute approximate surface area is 242 Å². The molecular weight excluding hydrogens is 566 g/mol. The summed E-state index contributed by atoms with van der Waals surface area (Å²) in [4.78, 5) is 4.42. The van der Waals surface area contributed by atoms with Crippen molar-refractivity contribution in [2.24, 2.45) is 0 Å². The van der Waals surface area contributed by atoms with Gasteiger partial charge in [0.05, 0.1) is 30.5 Å². The minimum Gasteiger partial charge on any atom is -0.414 e. The van der Waals surface area contributed by atoms with Crippen molar-refractivity contribution in [1.82, 2.24) is 14.8 Å². The first kappa shape index (κ1) is 28.2. The van der Waals surface area contributed by atoms with Gasteiger partial charge in [0.1, 0.15) is 0 Å². The monoisotopic (exact) mass is 604 g/mol. The summed E-state index contributed by atoms with van der Waals surface area (Å²) in [5, 5.41) is 6.20. The Morgan fingerprint density at radius 1 is 1.21 bits per heavy atom. The van der Waals surface area contributed by atoms with Crippen molar-refractivity contribution < 1.29 is 9.16 Å². The van der Waals surface area contributed by atoms with Crippen LogP contribution in [0, 0.1) is 13.0 Å². The molecule has 0 aliphatic carbocycles. The highest BCUT2D eigenvalue weighted by molar-refractivity contribution is 9.10. The summed E-state index contributed by atoms with van der Waals surface area (Å²) in [5.41, 5.74) is 5.63. The van der Waals surface area contributed by atoms with E-state index in [0.29, 0.717) is 6.61 Å². The summed E-state index contributed by atoms with van der Waals surface area (Å²) in [6.45, 7) is 14.8. The molecule has 2 aromatic carbocycles. The van der Waals surface area contributed by atoms with E-state index in [1.165, 1.54) is 11.1 Å². The Kier molecular flexibility index (Phi) is 8.16. The maximum absolute atomic E-state index is 6.78.